The van der Waals surface area contributed by atoms with E-state index in [-0.39, 0.29) is 19.6 Å². The maximum absolute atomic E-state index is 13.5. The van der Waals surface area contributed by atoms with Gasteiger partial charge in [0.25, 0.3) is 0 Å². The second kappa shape index (κ2) is 5.00. The number of rotatable bonds is 4. The molecule has 0 aliphatic carbocycles. The van der Waals surface area contributed by atoms with Gasteiger partial charge in [-0.3, -0.25) is 10.1 Å². The van der Waals surface area contributed by atoms with Gasteiger partial charge in [-0.05, 0) is 0 Å². The van der Waals surface area contributed by atoms with E-state index in [0.717, 1.165) is 0 Å². The molecule has 1 aromatic rings. The number of benzene rings is 1. The lowest BCUT2D eigenvalue weighted by atomic mass is 9.98. The van der Waals surface area contributed by atoms with E-state index in [1.807, 2.05) is 0 Å². The molecule has 0 amide bonds. The van der Waals surface area contributed by atoms with Crippen LogP contribution in [0.5, 0.6) is 0 Å². The van der Waals surface area contributed by atoms with Crippen molar-refractivity contribution in [1.29, 1.82) is 0 Å². The monoisotopic (exact) mass is 288 g/mol. The Bertz CT molecular complexity index is 572. The Balaban J connectivity index is 2.47. The molecule has 1 atom stereocenters. The molecule has 9 heteroatoms. The van der Waals surface area contributed by atoms with E-state index in [1.165, 1.54) is 0 Å². The lowest BCUT2D eigenvalue weighted by Gasteiger charge is -2.24. The number of ether oxygens (including phenoxy) is 1. The number of nitro groups is 1. The topological polar surface area (TPSA) is 102 Å². The third-order valence-electron chi connectivity index (χ3n) is 3.02. The fourth-order valence-electron chi connectivity index (χ4n) is 1.99. The Labute approximate surface area is 111 Å². The third kappa shape index (κ3) is 2.39. The second-order valence-corrected chi connectivity index (χ2v) is 4.36. The normalized spacial score (nSPS) is 21.7. The van der Waals surface area contributed by atoms with E-state index in [0.29, 0.717) is 12.1 Å². The lowest BCUT2D eigenvalue weighted by Crippen LogP contribution is -2.47. The van der Waals surface area contributed by atoms with Crippen molar-refractivity contribution in [2.45, 2.75) is 12.0 Å². The van der Waals surface area contributed by atoms with Crippen LogP contribution in [0.15, 0.2) is 12.1 Å². The number of nitrogens with one attached hydrogen (secondary N) is 1. The number of nitro benzene ring substituents is 1. The largest absolute Gasteiger partial charge is 0.479 e. The molecule has 7 nitrogen and oxygen atoms in total. The van der Waals surface area contributed by atoms with Crippen LogP contribution in [0.2, 0.25) is 0 Å². The van der Waals surface area contributed by atoms with Gasteiger partial charge in [-0.1, -0.05) is 0 Å². The minimum Gasteiger partial charge on any atom is -0.479 e. The maximum atomic E-state index is 13.5. The number of nitrogens with zero attached hydrogens (tertiary/aromatic N) is 1. The first-order valence-corrected chi connectivity index (χ1v) is 5.58. The first-order valence-electron chi connectivity index (χ1n) is 5.58. The predicted octanol–water partition coefficient (Wildman–Crippen LogP) is 1.53. The highest BCUT2D eigenvalue weighted by atomic mass is 19.1. The van der Waals surface area contributed by atoms with Crippen molar-refractivity contribution in [3.63, 3.8) is 0 Å². The highest BCUT2D eigenvalue weighted by molar-refractivity contribution is 5.84. The number of carbonyl (C=O) groups is 1. The fourth-order valence-corrected chi connectivity index (χ4v) is 1.99. The molecule has 1 unspecified atom stereocenters. The van der Waals surface area contributed by atoms with Gasteiger partial charge in [0.05, 0.1) is 11.5 Å². The number of hydrogen-bond acceptors (Lipinski definition) is 5. The smallest absolute Gasteiger partial charge is 0.331 e. The molecule has 108 valence electrons. The molecule has 1 aromatic carbocycles. The van der Waals surface area contributed by atoms with Gasteiger partial charge in [0.1, 0.15) is 11.5 Å². The molecular formula is C11H10F2N2O5. The van der Waals surface area contributed by atoms with Crippen molar-refractivity contribution < 1.29 is 28.3 Å². The van der Waals surface area contributed by atoms with E-state index in [1.54, 1.807) is 0 Å². The molecule has 1 heterocycles. The van der Waals surface area contributed by atoms with Crippen molar-refractivity contribution in [2.75, 3.05) is 18.5 Å². The second-order valence-electron chi connectivity index (χ2n) is 4.36. The minimum atomic E-state index is -1.63. The molecule has 0 aromatic heterocycles. The molecular weight excluding hydrogens is 278 g/mol. The van der Waals surface area contributed by atoms with Gasteiger partial charge in [0.2, 0.25) is 5.82 Å². The average Bonchev–Trinajstić information content (AvgIpc) is 2.77. The van der Waals surface area contributed by atoms with Crippen molar-refractivity contribution >= 4 is 17.3 Å². The third-order valence-corrected chi connectivity index (χ3v) is 3.02. The lowest BCUT2D eigenvalue weighted by molar-refractivity contribution is -0.386. The molecule has 0 radical (unpaired) electrons. The van der Waals surface area contributed by atoms with Crippen LogP contribution in [0.3, 0.4) is 0 Å². The fraction of sp³-hybridized carbons (Fsp3) is 0.364. The van der Waals surface area contributed by atoms with Crippen LogP contribution in [0.25, 0.3) is 0 Å². The SMILES string of the molecule is O=C(O)C1(Nc2cc(F)cc(F)c2[N+](=O)[O-])CCOC1. The van der Waals surface area contributed by atoms with Crippen molar-refractivity contribution in [3.8, 4) is 0 Å². The zero-order valence-electron chi connectivity index (χ0n) is 10.1. The number of hydrogen-bond donors (Lipinski definition) is 2. The summed E-state index contributed by atoms with van der Waals surface area (Å²) in [6.07, 6.45) is 0.0254. The quantitative estimate of drug-likeness (QED) is 0.643. The Kier molecular flexibility index (Phi) is 3.53. The summed E-state index contributed by atoms with van der Waals surface area (Å²) in [6.45, 7) is -0.123. The minimum absolute atomic E-state index is 0.0254. The summed E-state index contributed by atoms with van der Waals surface area (Å²) in [6, 6.07) is 1.05. The zero-order chi connectivity index (χ0) is 14.9. The van der Waals surface area contributed by atoms with Crippen molar-refractivity contribution in [3.05, 3.63) is 33.9 Å². The van der Waals surface area contributed by atoms with Crippen LogP contribution >= 0.6 is 0 Å². The van der Waals surface area contributed by atoms with Crippen LogP contribution in [0.1, 0.15) is 6.42 Å². The summed E-state index contributed by atoms with van der Waals surface area (Å²) in [4.78, 5) is 21.1. The number of aliphatic carboxylic acids is 1. The van der Waals surface area contributed by atoms with Crippen LogP contribution in [-0.4, -0.2) is 34.8 Å². The van der Waals surface area contributed by atoms with E-state index in [9.17, 15) is 28.8 Å². The van der Waals surface area contributed by atoms with E-state index >= 15 is 0 Å². The summed E-state index contributed by atoms with van der Waals surface area (Å²) in [5.74, 6) is -3.74. The molecule has 2 N–H and O–H groups in total. The van der Waals surface area contributed by atoms with E-state index < -0.39 is 39.4 Å². The Morgan fingerprint density at radius 2 is 2.20 bits per heavy atom. The summed E-state index contributed by atoms with van der Waals surface area (Å²) < 4.78 is 31.6. The van der Waals surface area contributed by atoms with E-state index in [2.05, 4.69) is 5.32 Å². The summed E-state index contributed by atoms with van der Waals surface area (Å²) >= 11 is 0. The van der Waals surface area contributed by atoms with E-state index in [4.69, 9.17) is 4.74 Å². The number of carboxylic acids is 1. The van der Waals surface area contributed by atoms with Gasteiger partial charge in [-0.2, -0.15) is 4.39 Å². The van der Waals surface area contributed by atoms with Gasteiger partial charge < -0.3 is 15.2 Å². The molecule has 1 saturated heterocycles. The standard InChI is InChI=1S/C11H10F2N2O5/c12-6-3-7(13)9(15(18)19)8(4-6)14-11(10(16)17)1-2-20-5-11/h3-4,14H,1-2,5H2,(H,16,17). The number of carboxylic acid groups (broad SMARTS) is 1. The molecule has 1 aliphatic heterocycles. The predicted molar refractivity (Wildman–Crippen MR) is 62.4 cm³/mol. The molecule has 0 bridgehead atoms. The molecule has 1 fully saturated rings. The van der Waals surface area contributed by atoms with Gasteiger partial charge in [0.15, 0.2) is 5.54 Å². The zero-order valence-corrected chi connectivity index (χ0v) is 10.1. The van der Waals surface area contributed by atoms with Gasteiger partial charge >= 0.3 is 11.7 Å². The molecule has 20 heavy (non-hydrogen) atoms. The van der Waals surface area contributed by atoms with Crippen LogP contribution in [-0.2, 0) is 9.53 Å². The summed E-state index contributed by atoms with van der Waals surface area (Å²) in [5.41, 5.74) is -3.16. The van der Waals surface area contributed by atoms with Crippen LogP contribution in [0, 0.1) is 21.7 Å². The van der Waals surface area contributed by atoms with Crippen molar-refractivity contribution in [1.82, 2.24) is 0 Å². The number of anilines is 1. The first kappa shape index (κ1) is 14.1. The van der Waals surface area contributed by atoms with Crippen molar-refractivity contribution in [2.24, 2.45) is 0 Å². The maximum Gasteiger partial charge on any atom is 0.331 e. The van der Waals surface area contributed by atoms with Gasteiger partial charge in [0, 0.05) is 25.2 Å². The Morgan fingerprint density at radius 3 is 2.70 bits per heavy atom. The molecule has 2 rings (SSSR count). The van der Waals surface area contributed by atoms with Crippen LogP contribution in [0.4, 0.5) is 20.2 Å². The van der Waals surface area contributed by atoms with Crippen LogP contribution < -0.4 is 5.32 Å². The average molecular weight is 288 g/mol. The molecule has 0 spiro atoms. The summed E-state index contributed by atoms with van der Waals surface area (Å²) in [7, 11) is 0. The molecule has 1 aliphatic rings. The van der Waals surface area contributed by atoms with Gasteiger partial charge in [-0.15, -0.1) is 0 Å². The Morgan fingerprint density at radius 1 is 1.50 bits per heavy atom. The molecule has 0 saturated carbocycles. The highest BCUT2D eigenvalue weighted by Gasteiger charge is 2.44. The summed E-state index contributed by atoms with van der Waals surface area (Å²) in [5, 5.41) is 22.4. The Hall–Kier alpha value is -2.29. The number of halogens is 2. The first-order chi connectivity index (χ1) is 9.35. The van der Waals surface area contributed by atoms with Gasteiger partial charge in [-0.25, -0.2) is 9.18 Å². The highest BCUT2D eigenvalue weighted by Crippen LogP contribution is 2.33.